The minimum Gasteiger partial charge on any atom is -0.351 e. The first-order valence-corrected chi connectivity index (χ1v) is 11.2. The minimum absolute atomic E-state index is 0.0665. The van der Waals surface area contributed by atoms with Crippen LogP contribution in [0, 0.1) is 5.92 Å². The fraction of sp³-hybridized carbons (Fsp3) is 0.381. The molecular weight excluding hydrogens is 410 g/mol. The van der Waals surface area contributed by atoms with E-state index < -0.39 is 16.1 Å². The molecule has 2 aromatic rings. The highest BCUT2D eigenvalue weighted by Gasteiger charge is 2.28. The van der Waals surface area contributed by atoms with E-state index >= 15 is 0 Å². The van der Waals surface area contributed by atoms with E-state index in [2.05, 4.69) is 14.9 Å². The number of sulfonamides is 1. The molecule has 29 heavy (non-hydrogen) atoms. The molecule has 0 spiro atoms. The van der Waals surface area contributed by atoms with Crippen molar-refractivity contribution in [1.29, 1.82) is 0 Å². The number of rotatable bonds is 9. The van der Waals surface area contributed by atoms with Crippen LogP contribution in [0.1, 0.15) is 25.0 Å². The van der Waals surface area contributed by atoms with Gasteiger partial charge in [-0.2, -0.15) is 4.72 Å². The highest BCUT2D eigenvalue weighted by Crippen LogP contribution is 2.16. The molecule has 0 aromatic heterocycles. The zero-order valence-corrected chi connectivity index (χ0v) is 18.7. The van der Waals surface area contributed by atoms with Crippen LogP contribution in [0.25, 0.3) is 0 Å². The van der Waals surface area contributed by atoms with Crippen LogP contribution in [0.5, 0.6) is 0 Å². The van der Waals surface area contributed by atoms with Crippen LogP contribution >= 0.6 is 11.6 Å². The van der Waals surface area contributed by atoms with Gasteiger partial charge in [0.05, 0.1) is 4.90 Å². The van der Waals surface area contributed by atoms with Crippen LogP contribution in [0.4, 0.5) is 0 Å². The van der Waals surface area contributed by atoms with Crippen molar-refractivity contribution in [2.75, 3.05) is 14.1 Å². The Morgan fingerprint density at radius 2 is 1.55 bits per heavy atom. The summed E-state index contributed by atoms with van der Waals surface area (Å²) in [6.45, 7) is 4.76. The number of nitrogens with zero attached hydrogens (tertiary/aromatic N) is 1. The molecule has 2 N–H and O–H groups in total. The second kappa shape index (κ2) is 10.2. The first-order valence-electron chi connectivity index (χ1n) is 9.36. The first kappa shape index (κ1) is 23.3. The molecule has 1 amide bonds. The third-order valence-electron chi connectivity index (χ3n) is 4.34. The zero-order chi connectivity index (χ0) is 21.6. The predicted molar refractivity (Wildman–Crippen MR) is 116 cm³/mol. The van der Waals surface area contributed by atoms with Crippen molar-refractivity contribution in [1.82, 2.24) is 14.9 Å². The van der Waals surface area contributed by atoms with Gasteiger partial charge in [0.15, 0.2) is 0 Å². The molecular formula is C21H28ClN3O3S. The van der Waals surface area contributed by atoms with Gasteiger partial charge in [-0.3, -0.25) is 4.79 Å². The van der Waals surface area contributed by atoms with Gasteiger partial charge in [-0.1, -0.05) is 49.7 Å². The van der Waals surface area contributed by atoms with Crippen molar-refractivity contribution in [3.05, 3.63) is 64.7 Å². The number of halogens is 1. The second-order valence-electron chi connectivity index (χ2n) is 7.57. The minimum atomic E-state index is -3.84. The van der Waals surface area contributed by atoms with E-state index in [1.165, 1.54) is 29.8 Å². The van der Waals surface area contributed by atoms with Crippen LogP contribution in [-0.2, 0) is 27.9 Å². The Hall–Kier alpha value is -1.93. The zero-order valence-electron chi connectivity index (χ0n) is 17.1. The fourth-order valence-corrected chi connectivity index (χ4v) is 4.24. The SMILES string of the molecule is CC(C)[C@H](NS(=O)(=O)c1ccc(Cl)cc1)C(=O)NCc1ccc(CN(C)C)cc1. The Labute approximate surface area is 178 Å². The quantitative estimate of drug-likeness (QED) is 0.632. The maximum atomic E-state index is 12.7. The third-order valence-corrected chi connectivity index (χ3v) is 6.05. The van der Waals surface area contributed by atoms with Gasteiger partial charge in [-0.25, -0.2) is 8.42 Å². The fourth-order valence-electron chi connectivity index (χ4n) is 2.77. The number of amides is 1. The predicted octanol–water partition coefficient (Wildman–Crippen LogP) is 3.02. The Morgan fingerprint density at radius 3 is 2.07 bits per heavy atom. The van der Waals surface area contributed by atoms with Gasteiger partial charge in [0.25, 0.3) is 0 Å². The van der Waals surface area contributed by atoms with E-state index in [1.807, 2.05) is 38.4 Å². The number of benzene rings is 2. The molecule has 0 heterocycles. The summed E-state index contributed by atoms with van der Waals surface area (Å²) >= 11 is 5.82. The third kappa shape index (κ3) is 7.12. The number of carbonyl (C=O) groups is 1. The average Bonchev–Trinajstić information content (AvgIpc) is 2.65. The standard InChI is InChI=1S/C21H28ClN3O3S/c1-15(2)20(24-29(27,28)19-11-9-18(22)10-12-19)21(26)23-13-16-5-7-17(8-6-16)14-25(3)4/h5-12,15,20,24H,13-14H2,1-4H3,(H,23,26)/t20-/m0/s1. The Balaban J connectivity index is 2.03. The molecule has 2 aromatic carbocycles. The molecule has 0 fully saturated rings. The van der Waals surface area contributed by atoms with Gasteiger partial charge in [0, 0.05) is 18.1 Å². The molecule has 0 bridgehead atoms. The summed E-state index contributed by atoms with van der Waals surface area (Å²) in [6, 6.07) is 12.9. The van der Waals surface area contributed by atoms with Crippen LogP contribution < -0.4 is 10.0 Å². The van der Waals surface area contributed by atoms with E-state index in [1.54, 1.807) is 13.8 Å². The lowest BCUT2D eigenvalue weighted by molar-refractivity contribution is -0.123. The Morgan fingerprint density at radius 1 is 1.00 bits per heavy atom. The maximum Gasteiger partial charge on any atom is 0.241 e. The highest BCUT2D eigenvalue weighted by molar-refractivity contribution is 7.89. The number of nitrogens with one attached hydrogen (secondary N) is 2. The number of hydrogen-bond donors (Lipinski definition) is 2. The molecule has 0 aliphatic rings. The Bertz CT molecular complexity index is 911. The van der Waals surface area contributed by atoms with Gasteiger partial charge in [0.2, 0.25) is 15.9 Å². The summed E-state index contributed by atoms with van der Waals surface area (Å²) < 4.78 is 27.8. The smallest absolute Gasteiger partial charge is 0.241 e. The largest absolute Gasteiger partial charge is 0.351 e. The molecule has 1 atom stereocenters. The van der Waals surface area contributed by atoms with Crippen molar-refractivity contribution in [3.8, 4) is 0 Å². The molecule has 0 aliphatic heterocycles. The second-order valence-corrected chi connectivity index (χ2v) is 9.72. The maximum absolute atomic E-state index is 12.7. The van der Waals surface area contributed by atoms with Crippen molar-refractivity contribution in [3.63, 3.8) is 0 Å². The summed E-state index contributed by atoms with van der Waals surface area (Å²) in [5, 5.41) is 3.27. The lowest BCUT2D eigenvalue weighted by Crippen LogP contribution is -2.49. The van der Waals surface area contributed by atoms with Crippen molar-refractivity contribution < 1.29 is 13.2 Å². The summed E-state index contributed by atoms with van der Waals surface area (Å²) in [4.78, 5) is 14.8. The number of hydrogen-bond acceptors (Lipinski definition) is 4. The normalized spacial score (nSPS) is 12.9. The highest BCUT2D eigenvalue weighted by atomic mass is 35.5. The molecule has 8 heteroatoms. The van der Waals surface area contributed by atoms with Crippen molar-refractivity contribution >= 4 is 27.5 Å². The summed E-state index contributed by atoms with van der Waals surface area (Å²) in [5.74, 6) is -0.588. The van der Waals surface area contributed by atoms with Crippen LogP contribution in [0.2, 0.25) is 5.02 Å². The molecule has 0 saturated carbocycles. The van der Waals surface area contributed by atoms with Gasteiger partial charge in [-0.05, 0) is 55.4 Å². The average molecular weight is 438 g/mol. The van der Waals surface area contributed by atoms with Crippen LogP contribution in [0.15, 0.2) is 53.4 Å². The van der Waals surface area contributed by atoms with E-state index in [0.717, 1.165) is 12.1 Å². The van der Waals surface area contributed by atoms with Gasteiger partial charge >= 0.3 is 0 Å². The lowest BCUT2D eigenvalue weighted by atomic mass is 10.0. The molecule has 158 valence electrons. The van der Waals surface area contributed by atoms with Crippen molar-refractivity contribution in [2.45, 2.75) is 37.9 Å². The summed E-state index contributed by atoms with van der Waals surface area (Å²) in [7, 11) is 0.170. The van der Waals surface area contributed by atoms with E-state index in [-0.39, 0.29) is 16.7 Å². The van der Waals surface area contributed by atoms with Crippen LogP contribution in [0.3, 0.4) is 0 Å². The van der Waals surface area contributed by atoms with E-state index in [4.69, 9.17) is 11.6 Å². The van der Waals surface area contributed by atoms with Gasteiger partial charge < -0.3 is 10.2 Å². The van der Waals surface area contributed by atoms with E-state index in [9.17, 15) is 13.2 Å². The monoisotopic (exact) mass is 437 g/mol. The van der Waals surface area contributed by atoms with Crippen molar-refractivity contribution in [2.24, 2.45) is 5.92 Å². The van der Waals surface area contributed by atoms with Gasteiger partial charge in [0.1, 0.15) is 6.04 Å². The molecule has 0 saturated heterocycles. The summed E-state index contributed by atoms with van der Waals surface area (Å²) in [6.07, 6.45) is 0. The molecule has 2 rings (SSSR count). The topological polar surface area (TPSA) is 78.5 Å². The number of carbonyl (C=O) groups excluding carboxylic acids is 1. The molecule has 6 nitrogen and oxygen atoms in total. The molecule has 0 radical (unpaired) electrons. The van der Waals surface area contributed by atoms with E-state index in [0.29, 0.717) is 11.6 Å². The Kier molecular flexibility index (Phi) is 8.22. The molecule has 0 unspecified atom stereocenters. The lowest BCUT2D eigenvalue weighted by Gasteiger charge is -2.22. The summed E-state index contributed by atoms with van der Waals surface area (Å²) in [5.41, 5.74) is 2.13. The molecule has 0 aliphatic carbocycles. The van der Waals surface area contributed by atoms with Gasteiger partial charge in [-0.15, -0.1) is 0 Å². The first-order chi connectivity index (χ1) is 13.6. The van der Waals surface area contributed by atoms with Crippen LogP contribution in [-0.4, -0.2) is 39.4 Å².